The summed E-state index contributed by atoms with van der Waals surface area (Å²) in [5.74, 6) is 4.10. The Morgan fingerprint density at radius 3 is 2.47 bits per heavy atom. The molecular weight excluding hydrogens is 491 g/mol. The highest BCUT2D eigenvalue weighted by Crippen LogP contribution is 2.13. The number of benzene rings is 1. The molecule has 1 unspecified atom stereocenters. The van der Waals surface area contributed by atoms with Gasteiger partial charge in [-0.05, 0) is 37.0 Å². The molecule has 0 fully saturated rings. The zero-order valence-electron chi connectivity index (χ0n) is 18.9. The first kappa shape index (κ1) is 26.2. The number of hydrogen-bond donors (Lipinski definition) is 2. The van der Waals surface area contributed by atoms with Crippen molar-refractivity contribution in [3.05, 3.63) is 41.5 Å². The van der Waals surface area contributed by atoms with Gasteiger partial charge in [-0.2, -0.15) is 0 Å². The number of guanidine groups is 1. The van der Waals surface area contributed by atoms with Crippen molar-refractivity contribution < 1.29 is 4.74 Å². The van der Waals surface area contributed by atoms with Crippen molar-refractivity contribution in [2.24, 2.45) is 18.0 Å². The Morgan fingerprint density at radius 1 is 1.17 bits per heavy atom. The van der Waals surface area contributed by atoms with Gasteiger partial charge in [0.1, 0.15) is 11.6 Å². The van der Waals surface area contributed by atoms with Crippen molar-refractivity contribution in [1.82, 2.24) is 25.4 Å². The van der Waals surface area contributed by atoms with Crippen LogP contribution in [0.25, 0.3) is 0 Å². The number of aliphatic imine (C=N–C) groups is 1. The van der Waals surface area contributed by atoms with Gasteiger partial charge in [0, 0.05) is 13.6 Å². The monoisotopic (exact) mass is 528 g/mol. The molecule has 0 amide bonds. The highest BCUT2D eigenvalue weighted by molar-refractivity contribution is 14.0. The minimum atomic E-state index is 0. The SMILES string of the molecule is CCCCC(CC)CNC(=NCc1ccc(OC)cc1)NCc1nnc(C)n1C.I. The molecule has 0 aliphatic rings. The maximum Gasteiger partial charge on any atom is 0.191 e. The Bertz CT molecular complexity index is 759. The van der Waals surface area contributed by atoms with Crippen molar-refractivity contribution in [1.29, 1.82) is 0 Å². The number of halogens is 1. The van der Waals surface area contributed by atoms with Crippen molar-refractivity contribution in [3.8, 4) is 5.75 Å². The van der Waals surface area contributed by atoms with Crippen molar-refractivity contribution >= 4 is 29.9 Å². The van der Waals surface area contributed by atoms with E-state index in [2.05, 4.69) is 34.7 Å². The van der Waals surface area contributed by atoms with E-state index in [4.69, 9.17) is 9.73 Å². The van der Waals surface area contributed by atoms with Crippen LogP contribution in [0, 0.1) is 12.8 Å². The smallest absolute Gasteiger partial charge is 0.191 e. The lowest BCUT2D eigenvalue weighted by atomic mass is 9.99. The van der Waals surface area contributed by atoms with Crippen molar-refractivity contribution in [2.75, 3.05) is 13.7 Å². The van der Waals surface area contributed by atoms with Crippen LogP contribution in [-0.2, 0) is 20.1 Å². The normalized spacial score (nSPS) is 12.2. The Balaban J connectivity index is 0.00000450. The molecule has 0 spiro atoms. The summed E-state index contributed by atoms with van der Waals surface area (Å²) in [6, 6.07) is 8.02. The predicted molar refractivity (Wildman–Crippen MR) is 133 cm³/mol. The van der Waals surface area contributed by atoms with E-state index >= 15 is 0 Å². The van der Waals surface area contributed by atoms with E-state index < -0.39 is 0 Å². The third-order valence-corrected chi connectivity index (χ3v) is 5.28. The van der Waals surface area contributed by atoms with Gasteiger partial charge in [0.15, 0.2) is 11.8 Å². The number of nitrogens with one attached hydrogen (secondary N) is 2. The number of rotatable bonds is 11. The molecule has 2 aromatic rings. The zero-order valence-corrected chi connectivity index (χ0v) is 21.3. The number of unbranched alkanes of at least 4 members (excludes halogenated alkanes) is 1. The average Bonchev–Trinajstić information content (AvgIpc) is 3.07. The number of aryl methyl sites for hydroxylation is 1. The summed E-state index contributed by atoms with van der Waals surface area (Å²) >= 11 is 0. The fourth-order valence-corrected chi connectivity index (χ4v) is 3.03. The zero-order chi connectivity index (χ0) is 21.1. The first-order valence-electron chi connectivity index (χ1n) is 10.6. The van der Waals surface area contributed by atoms with Crippen molar-refractivity contribution in [3.63, 3.8) is 0 Å². The lowest BCUT2D eigenvalue weighted by Gasteiger charge is -2.18. The molecule has 8 heteroatoms. The van der Waals surface area contributed by atoms with Gasteiger partial charge in [-0.1, -0.05) is 45.2 Å². The van der Waals surface area contributed by atoms with E-state index in [1.54, 1.807) is 7.11 Å². The molecule has 0 radical (unpaired) electrons. The minimum Gasteiger partial charge on any atom is -0.497 e. The van der Waals surface area contributed by atoms with Crippen molar-refractivity contribution in [2.45, 2.75) is 59.5 Å². The third kappa shape index (κ3) is 8.49. The second-order valence-corrected chi connectivity index (χ2v) is 7.39. The summed E-state index contributed by atoms with van der Waals surface area (Å²) in [4.78, 5) is 4.78. The molecule has 0 aliphatic heterocycles. The molecular formula is C22H37IN6O. The molecule has 7 nitrogen and oxygen atoms in total. The van der Waals surface area contributed by atoms with E-state index in [1.807, 2.05) is 42.8 Å². The second-order valence-electron chi connectivity index (χ2n) is 7.39. The van der Waals surface area contributed by atoms with Gasteiger partial charge in [0.25, 0.3) is 0 Å². The molecule has 0 bridgehead atoms. The molecule has 1 aromatic heterocycles. The molecule has 1 heterocycles. The summed E-state index contributed by atoms with van der Waals surface area (Å²) in [6.45, 7) is 8.55. The lowest BCUT2D eigenvalue weighted by Crippen LogP contribution is -2.40. The number of nitrogens with zero attached hydrogens (tertiary/aromatic N) is 4. The molecule has 1 atom stereocenters. The van der Waals surface area contributed by atoms with Crippen LogP contribution in [0.1, 0.15) is 56.7 Å². The van der Waals surface area contributed by atoms with Crippen LogP contribution in [0.3, 0.4) is 0 Å². The molecule has 0 saturated heterocycles. The van der Waals surface area contributed by atoms with Crippen LogP contribution in [0.2, 0.25) is 0 Å². The van der Waals surface area contributed by atoms with Gasteiger partial charge in [-0.15, -0.1) is 34.2 Å². The first-order valence-corrected chi connectivity index (χ1v) is 10.6. The summed E-state index contributed by atoms with van der Waals surface area (Å²) < 4.78 is 7.22. The highest BCUT2D eigenvalue weighted by atomic mass is 127. The fourth-order valence-electron chi connectivity index (χ4n) is 3.03. The Morgan fingerprint density at radius 2 is 1.90 bits per heavy atom. The average molecular weight is 528 g/mol. The van der Waals surface area contributed by atoms with E-state index in [1.165, 1.54) is 25.7 Å². The summed E-state index contributed by atoms with van der Waals surface area (Å²) in [7, 11) is 3.65. The van der Waals surface area contributed by atoms with Gasteiger partial charge in [-0.3, -0.25) is 0 Å². The third-order valence-electron chi connectivity index (χ3n) is 5.28. The fraction of sp³-hybridized carbons (Fsp3) is 0.591. The van der Waals surface area contributed by atoms with Crippen LogP contribution < -0.4 is 15.4 Å². The Labute approximate surface area is 198 Å². The van der Waals surface area contributed by atoms with Crippen LogP contribution in [0.15, 0.2) is 29.3 Å². The molecule has 2 N–H and O–H groups in total. The summed E-state index contributed by atoms with van der Waals surface area (Å²) in [5.41, 5.74) is 1.14. The standard InChI is InChI=1S/C22H36N6O.HI/c1-6-8-9-18(7-2)14-23-22(25-16-21-27-26-17(3)28(21)4)24-15-19-10-12-20(29-5)13-11-19;/h10-13,18H,6-9,14-16H2,1-5H3,(H2,23,24,25);1H. The molecule has 168 valence electrons. The molecule has 1 aromatic carbocycles. The molecule has 2 rings (SSSR count). The number of aromatic nitrogens is 3. The highest BCUT2D eigenvalue weighted by Gasteiger charge is 2.09. The lowest BCUT2D eigenvalue weighted by molar-refractivity contribution is 0.414. The first-order chi connectivity index (χ1) is 14.1. The Hall–Kier alpha value is -1.84. The van der Waals surface area contributed by atoms with E-state index in [0.717, 1.165) is 35.5 Å². The predicted octanol–water partition coefficient (Wildman–Crippen LogP) is 4.20. The largest absolute Gasteiger partial charge is 0.497 e. The summed E-state index contributed by atoms with van der Waals surface area (Å²) in [6.07, 6.45) is 4.91. The molecule has 0 saturated carbocycles. The van der Waals surface area contributed by atoms with Gasteiger partial charge < -0.3 is 19.9 Å². The van der Waals surface area contributed by atoms with Crippen LogP contribution in [0.5, 0.6) is 5.75 Å². The van der Waals surface area contributed by atoms with Crippen LogP contribution in [-0.4, -0.2) is 34.4 Å². The maximum atomic E-state index is 5.23. The number of methoxy groups -OCH3 is 1. The Kier molecular flexibility index (Phi) is 12.4. The van der Waals surface area contributed by atoms with E-state index in [0.29, 0.717) is 19.0 Å². The van der Waals surface area contributed by atoms with E-state index in [-0.39, 0.29) is 24.0 Å². The number of ether oxygens (including phenoxy) is 1. The summed E-state index contributed by atoms with van der Waals surface area (Å²) in [5, 5.41) is 15.3. The number of hydrogen-bond acceptors (Lipinski definition) is 4. The topological polar surface area (TPSA) is 76.4 Å². The molecule has 0 aliphatic carbocycles. The maximum absolute atomic E-state index is 5.23. The van der Waals surface area contributed by atoms with Gasteiger partial charge in [0.05, 0.1) is 20.2 Å². The van der Waals surface area contributed by atoms with Crippen LogP contribution in [0.4, 0.5) is 0 Å². The quantitative estimate of drug-likeness (QED) is 0.260. The van der Waals surface area contributed by atoms with Gasteiger partial charge in [-0.25, -0.2) is 4.99 Å². The minimum absolute atomic E-state index is 0. The van der Waals surface area contributed by atoms with Gasteiger partial charge >= 0.3 is 0 Å². The second kappa shape index (κ2) is 14.2. The van der Waals surface area contributed by atoms with Crippen LogP contribution >= 0.6 is 24.0 Å². The van der Waals surface area contributed by atoms with Gasteiger partial charge in [0.2, 0.25) is 0 Å². The van der Waals surface area contributed by atoms with E-state index in [9.17, 15) is 0 Å². The molecule has 30 heavy (non-hydrogen) atoms.